The van der Waals surface area contributed by atoms with Gasteiger partial charge in [-0.1, -0.05) is 0 Å². The van der Waals surface area contributed by atoms with Crippen molar-refractivity contribution in [1.29, 1.82) is 0 Å². The van der Waals surface area contributed by atoms with Crippen LogP contribution in [-0.2, 0) is 6.54 Å². The maximum absolute atomic E-state index is 12.1. The number of nitrogens with zero attached hydrogens (tertiary/aromatic N) is 1. The highest BCUT2D eigenvalue weighted by molar-refractivity contribution is 5.75. The molecule has 4 nitrogen and oxygen atoms in total. The first-order valence-electron chi connectivity index (χ1n) is 7.03. The number of benzene rings is 2. The fraction of sp³-hybridized carbons (Fsp3) is 0.235. The lowest BCUT2D eigenvalue weighted by Crippen LogP contribution is -2.16. The average molecular weight is 339 g/mol. The van der Waals surface area contributed by atoms with Crippen molar-refractivity contribution in [2.75, 3.05) is 14.1 Å². The molecule has 0 fully saturated rings. The Morgan fingerprint density at radius 3 is 2.21 bits per heavy atom. The van der Waals surface area contributed by atoms with Gasteiger partial charge in [0.2, 0.25) is 0 Å². The number of rotatable bonds is 6. The van der Waals surface area contributed by atoms with E-state index >= 15 is 0 Å². The first kappa shape index (κ1) is 17.8. The van der Waals surface area contributed by atoms with Gasteiger partial charge in [0.05, 0.1) is 0 Å². The second kappa shape index (κ2) is 7.35. The van der Waals surface area contributed by atoms with Crippen LogP contribution in [0.25, 0.3) is 0 Å². The van der Waals surface area contributed by atoms with Crippen molar-refractivity contribution < 1.29 is 27.4 Å². The fourth-order valence-electron chi connectivity index (χ4n) is 2.07. The molecule has 0 N–H and O–H groups in total. The van der Waals surface area contributed by atoms with E-state index in [0.29, 0.717) is 23.6 Å². The number of alkyl halides is 3. The van der Waals surface area contributed by atoms with Gasteiger partial charge in [-0.3, -0.25) is 4.79 Å². The quantitative estimate of drug-likeness (QED) is 0.738. The molecule has 0 aromatic heterocycles. The summed E-state index contributed by atoms with van der Waals surface area (Å²) in [4.78, 5) is 12.8. The molecule has 0 amide bonds. The topological polar surface area (TPSA) is 38.8 Å². The molecule has 0 atom stereocenters. The molecular formula is C17H16F3NO3. The van der Waals surface area contributed by atoms with Gasteiger partial charge in [0.25, 0.3) is 0 Å². The number of hydrogen-bond acceptors (Lipinski definition) is 4. The molecule has 0 unspecified atom stereocenters. The minimum absolute atomic E-state index is 0.320. The summed E-state index contributed by atoms with van der Waals surface area (Å²) in [6.07, 6.45) is -3.99. The normalized spacial score (nSPS) is 11.4. The smallest absolute Gasteiger partial charge is 0.457 e. The largest absolute Gasteiger partial charge is 0.573 e. The van der Waals surface area contributed by atoms with Gasteiger partial charge in [-0.05, 0) is 56.6 Å². The molecule has 24 heavy (non-hydrogen) atoms. The lowest BCUT2D eigenvalue weighted by Gasteiger charge is -2.16. The highest BCUT2D eigenvalue weighted by atomic mass is 19.4. The zero-order valence-electron chi connectivity index (χ0n) is 13.1. The molecule has 2 aromatic carbocycles. The van der Waals surface area contributed by atoms with E-state index in [1.54, 1.807) is 18.2 Å². The van der Waals surface area contributed by atoms with Crippen LogP contribution in [0.15, 0.2) is 42.5 Å². The van der Waals surface area contributed by atoms with Gasteiger partial charge in [0.15, 0.2) is 0 Å². The third-order valence-corrected chi connectivity index (χ3v) is 2.99. The Balaban J connectivity index is 2.19. The van der Waals surface area contributed by atoms with Gasteiger partial charge in [0, 0.05) is 17.7 Å². The van der Waals surface area contributed by atoms with E-state index in [0.717, 1.165) is 11.8 Å². The monoisotopic (exact) mass is 339 g/mol. The maximum atomic E-state index is 12.1. The van der Waals surface area contributed by atoms with E-state index < -0.39 is 6.36 Å². The first-order valence-corrected chi connectivity index (χ1v) is 7.03. The van der Waals surface area contributed by atoms with Gasteiger partial charge in [-0.25, -0.2) is 0 Å². The SMILES string of the molecule is CN(C)Cc1cc(C=O)ccc1Oc1ccc(OC(F)(F)F)cc1. The van der Waals surface area contributed by atoms with Crippen molar-refractivity contribution >= 4 is 6.29 Å². The van der Waals surface area contributed by atoms with Gasteiger partial charge in [-0.15, -0.1) is 13.2 Å². The van der Waals surface area contributed by atoms with E-state index in [-0.39, 0.29) is 5.75 Å². The minimum Gasteiger partial charge on any atom is -0.457 e. The Morgan fingerprint density at radius 2 is 1.67 bits per heavy atom. The maximum Gasteiger partial charge on any atom is 0.573 e. The second-order valence-corrected chi connectivity index (χ2v) is 5.34. The minimum atomic E-state index is -4.73. The summed E-state index contributed by atoms with van der Waals surface area (Å²) >= 11 is 0. The summed E-state index contributed by atoms with van der Waals surface area (Å²) in [5.41, 5.74) is 1.31. The van der Waals surface area contributed by atoms with Crippen molar-refractivity contribution in [2.45, 2.75) is 12.9 Å². The molecule has 0 aliphatic carbocycles. The molecule has 2 aromatic rings. The molecular weight excluding hydrogens is 323 g/mol. The summed E-state index contributed by atoms with van der Waals surface area (Å²) in [6.45, 7) is 0.548. The highest BCUT2D eigenvalue weighted by Crippen LogP contribution is 2.29. The predicted molar refractivity (Wildman–Crippen MR) is 82.4 cm³/mol. The molecule has 0 radical (unpaired) electrons. The Morgan fingerprint density at radius 1 is 1.04 bits per heavy atom. The molecule has 0 heterocycles. The fourth-order valence-corrected chi connectivity index (χ4v) is 2.07. The van der Waals surface area contributed by atoms with Crippen LogP contribution in [0.5, 0.6) is 17.2 Å². The molecule has 0 bridgehead atoms. The Kier molecular flexibility index (Phi) is 5.46. The summed E-state index contributed by atoms with van der Waals surface area (Å²) < 4.78 is 46.0. The zero-order chi connectivity index (χ0) is 17.7. The average Bonchev–Trinajstić information content (AvgIpc) is 2.49. The molecule has 0 aliphatic rings. The molecule has 128 valence electrons. The van der Waals surface area contributed by atoms with Gasteiger partial charge in [-0.2, -0.15) is 0 Å². The standard InChI is InChI=1S/C17H16F3NO3/c1-21(2)10-13-9-12(11-22)3-8-16(13)23-14-4-6-15(7-5-14)24-17(18,19)20/h3-9,11H,10H2,1-2H3. The van der Waals surface area contributed by atoms with Gasteiger partial charge >= 0.3 is 6.36 Å². The Labute approximate surface area is 137 Å². The number of carbonyl (C=O) groups is 1. The summed E-state index contributed by atoms with van der Waals surface area (Å²) in [5.74, 6) is 0.571. The van der Waals surface area contributed by atoms with Crippen molar-refractivity contribution in [1.82, 2.24) is 4.90 Å². The molecule has 0 saturated heterocycles. The van der Waals surface area contributed by atoms with Crippen LogP contribution >= 0.6 is 0 Å². The number of hydrogen-bond donors (Lipinski definition) is 0. The molecule has 0 aliphatic heterocycles. The third kappa shape index (κ3) is 5.27. The molecule has 2 rings (SSSR count). The summed E-state index contributed by atoms with van der Waals surface area (Å²) in [6, 6.07) is 10.1. The van der Waals surface area contributed by atoms with Gasteiger partial charge < -0.3 is 14.4 Å². The van der Waals surface area contributed by atoms with Crippen molar-refractivity contribution in [3.05, 3.63) is 53.6 Å². The first-order chi connectivity index (χ1) is 11.3. The number of aldehydes is 1. The molecule has 0 spiro atoms. The second-order valence-electron chi connectivity index (χ2n) is 5.34. The van der Waals surface area contributed by atoms with E-state index in [2.05, 4.69) is 4.74 Å². The summed E-state index contributed by atoms with van der Waals surface area (Å²) in [7, 11) is 3.75. The highest BCUT2D eigenvalue weighted by Gasteiger charge is 2.31. The molecule has 0 saturated carbocycles. The van der Waals surface area contributed by atoms with E-state index in [9.17, 15) is 18.0 Å². The summed E-state index contributed by atoms with van der Waals surface area (Å²) in [5, 5.41) is 0. The Bertz CT molecular complexity index is 697. The van der Waals surface area contributed by atoms with E-state index in [1.165, 1.54) is 24.3 Å². The van der Waals surface area contributed by atoms with Crippen LogP contribution in [0.4, 0.5) is 13.2 Å². The van der Waals surface area contributed by atoms with Crippen LogP contribution in [0, 0.1) is 0 Å². The lowest BCUT2D eigenvalue weighted by molar-refractivity contribution is -0.274. The van der Waals surface area contributed by atoms with Crippen LogP contribution < -0.4 is 9.47 Å². The van der Waals surface area contributed by atoms with E-state index in [4.69, 9.17) is 4.74 Å². The lowest BCUT2D eigenvalue weighted by atomic mass is 10.1. The van der Waals surface area contributed by atoms with Crippen LogP contribution in [0.2, 0.25) is 0 Å². The number of halogens is 3. The van der Waals surface area contributed by atoms with Crippen molar-refractivity contribution in [3.63, 3.8) is 0 Å². The van der Waals surface area contributed by atoms with Crippen molar-refractivity contribution in [2.24, 2.45) is 0 Å². The van der Waals surface area contributed by atoms with Gasteiger partial charge in [0.1, 0.15) is 23.5 Å². The molecule has 7 heteroatoms. The van der Waals surface area contributed by atoms with Crippen molar-refractivity contribution in [3.8, 4) is 17.2 Å². The predicted octanol–water partition coefficient (Wildman–Crippen LogP) is 4.25. The van der Waals surface area contributed by atoms with Crippen LogP contribution in [-0.4, -0.2) is 31.6 Å². The van der Waals surface area contributed by atoms with E-state index in [1.807, 2.05) is 19.0 Å². The van der Waals surface area contributed by atoms with Crippen LogP contribution in [0.1, 0.15) is 15.9 Å². The number of ether oxygens (including phenoxy) is 2. The zero-order valence-corrected chi connectivity index (χ0v) is 13.1. The van der Waals surface area contributed by atoms with Crippen LogP contribution in [0.3, 0.4) is 0 Å². The Hall–Kier alpha value is -2.54. The third-order valence-electron chi connectivity index (χ3n) is 2.99. The number of carbonyl (C=O) groups excluding carboxylic acids is 1.